The fourth-order valence-electron chi connectivity index (χ4n) is 7.84. The van der Waals surface area contributed by atoms with Crippen LogP contribution in [-0.2, 0) is 6.42 Å². The van der Waals surface area contributed by atoms with E-state index in [1.165, 1.54) is 59.1 Å². The minimum atomic E-state index is 0.384. The van der Waals surface area contributed by atoms with E-state index in [1.54, 1.807) is 0 Å². The first kappa shape index (κ1) is 30.6. The predicted molar refractivity (Wildman–Crippen MR) is 217 cm³/mol. The zero-order chi connectivity index (χ0) is 34.4. The first-order valence-corrected chi connectivity index (χ1v) is 18.7. The van der Waals surface area contributed by atoms with E-state index in [0.717, 1.165) is 29.5 Å². The van der Waals surface area contributed by atoms with Crippen LogP contribution in [0.1, 0.15) is 29.0 Å². The minimum absolute atomic E-state index is 0.384. The Bertz CT molecular complexity index is 2680. The van der Waals surface area contributed by atoms with E-state index in [9.17, 15) is 0 Å². The number of hydrogen-bond acceptors (Lipinski definition) is 4. The summed E-state index contributed by atoms with van der Waals surface area (Å²) < 4.78 is 2.43. The fourth-order valence-corrected chi connectivity index (χ4v) is 9.09. The highest BCUT2D eigenvalue weighted by atomic mass is 32.1. The van der Waals surface area contributed by atoms with Gasteiger partial charge in [0.2, 0.25) is 0 Å². The van der Waals surface area contributed by atoms with Gasteiger partial charge in [-0.05, 0) is 70.0 Å². The molecule has 0 aliphatic heterocycles. The maximum absolute atomic E-state index is 5.06. The standard InChI is InChI=1S/C48H33N3S/c1-4-13-31(14-5-1)37-27-25-32-23-24-35(29-43(32)39-20-11-10-19-38(37)39)36-26-28-40-41-21-12-22-42(45(41)52-44(40)30-36)48-50-46(33-15-6-2-7-16-33)49-47(51-48)34-17-8-3-9-18-34/h1-24,26,28-30,37H,25,27H2. The van der Waals surface area contributed by atoms with Gasteiger partial charge in [0.05, 0.1) is 0 Å². The Morgan fingerprint density at radius 3 is 1.81 bits per heavy atom. The number of benzene rings is 7. The lowest BCUT2D eigenvalue weighted by molar-refractivity contribution is 0.726. The Morgan fingerprint density at radius 2 is 1.06 bits per heavy atom. The molecule has 0 fully saturated rings. The van der Waals surface area contributed by atoms with Crippen LogP contribution in [0.3, 0.4) is 0 Å². The highest BCUT2D eigenvalue weighted by Crippen LogP contribution is 2.44. The molecule has 52 heavy (non-hydrogen) atoms. The molecule has 0 amide bonds. The van der Waals surface area contributed by atoms with Gasteiger partial charge in [-0.15, -0.1) is 11.3 Å². The van der Waals surface area contributed by atoms with Gasteiger partial charge in [0.25, 0.3) is 0 Å². The molecule has 0 spiro atoms. The van der Waals surface area contributed by atoms with E-state index < -0.39 is 0 Å². The fraction of sp³-hybridized carbons (Fsp3) is 0.0625. The maximum Gasteiger partial charge on any atom is 0.165 e. The van der Waals surface area contributed by atoms with Gasteiger partial charge in [-0.2, -0.15) is 0 Å². The topological polar surface area (TPSA) is 38.7 Å². The molecule has 2 aromatic heterocycles. The quantitative estimate of drug-likeness (QED) is 0.181. The summed E-state index contributed by atoms with van der Waals surface area (Å²) in [5.74, 6) is 2.41. The smallest absolute Gasteiger partial charge is 0.165 e. The van der Waals surface area contributed by atoms with Crippen LogP contribution in [0.25, 0.3) is 76.6 Å². The van der Waals surface area contributed by atoms with Gasteiger partial charge < -0.3 is 0 Å². The van der Waals surface area contributed by atoms with Crippen LogP contribution in [0.5, 0.6) is 0 Å². The number of aromatic nitrogens is 3. The summed E-state index contributed by atoms with van der Waals surface area (Å²) in [6.07, 6.45) is 2.15. The zero-order valence-corrected chi connectivity index (χ0v) is 29.2. The van der Waals surface area contributed by atoms with Crippen LogP contribution in [0.4, 0.5) is 0 Å². The van der Waals surface area contributed by atoms with Crippen molar-refractivity contribution in [3.63, 3.8) is 0 Å². The summed E-state index contributed by atoms with van der Waals surface area (Å²) in [6, 6.07) is 60.8. The SMILES string of the molecule is c1ccc(-c2nc(-c3ccccc3)nc(-c3cccc4c3sc3cc(-c5ccc6c(c5)-c5ccccc5C(c5ccccc5)CC6)ccc34)n2)cc1. The van der Waals surface area contributed by atoms with Crippen molar-refractivity contribution in [3.8, 4) is 56.4 Å². The minimum Gasteiger partial charge on any atom is -0.208 e. The van der Waals surface area contributed by atoms with Gasteiger partial charge >= 0.3 is 0 Å². The van der Waals surface area contributed by atoms with E-state index in [4.69, 9.17) is 15.0 Å². The average Bonchev–Trinajstić information content (AvgIpc) is 3.51. The van der Waals surface area contributed by atoms with Gasteiger partial charge in [-0.3, -0.25) is 0 Å². The summed E-state index contributed by atoms with van der Waals surface area (Å²) in [5.41, 5.74) is 12.3. The van der Waals surface area contributed by atoms with Crippen molar-refractivity contribution in [1.82, 2.24) is 15.0 Å². The molecule has 0 saturated carbocycles. The normalized spacial score (nSPS) is 13.8. The van der Waals surface area contributed by atoms with Gasteiger partial charge in [-0.1, -0.05) is 152 Å². The second-order valence-electron chi connectivity index (χ2n) is 13.5. The van der Waals surface area contributed by atoms with Crippen LogP contribution in [0.2, 0.25) is 0 Å². The molecule has 0 N–H and O–H groups in total. The summed E-state index contributed by atoms with van der Waals surface area (Å²) in [6.45, 7) is 0. The molecule has 2 heterocycles. The van der Waals surface area contributed by atoms with Gasteiger partial charge in [0.1, 0.15) is 0 Å². The molecule has 1 atom stereocenters. The van der Waals surface area contributed by atoms with Crippen molar-refractivity contribution in [2.75, 3.05) is 0 Å². The Labute approximate surface area is 307 Å². The highest BCUT2D eigenvalue weighted by molar-refractivity contribution is 7.26. The lowest BCUT2D eigenvalue weighted by Gasteiger charge is -2.18. The molecular formula is C48H33N3S. The summed E-state index contributed by atoms with van der Waals surface area (Å²) >= 11 is 1.81. The van der Waals surface area contributed by atoms with E-state index in [-0.39, 0.29) is 0 Å². The molecule has 1 aliphatic carbocycles. The molecule has 3 nitrogen and oxygen atoms in total. The lowest BCUT2D eigenvalue weighted by atomic mass is 9.86. The summed E-state index contributed by atoms with van der Waals surface area (Å²) in [4.78, 5) is 15.0. The molecule has 0 bridgehead atoms. The first-order valence-electron chi connectivity index (χ1n) is 17.9. The number of nitrogens with zero attached hydrogens (tertiary/aromatic N) is 3. The van der Waals surface area contributed by atoms with Crippen LogP contribution in [0.15, 0.2) is 170 Å². The van der Waals surface area contributed by atoms with Gasteiger partial charge in [0.15, 0.2) is 17.5 Å². The average molecular weight is 684 g/mol. The molecule has 9 aromatic rings. The second-order valence-corrected chi connectivity index (χ2v) is 14.5. The van der Waals surface area contributed by atoms with Crippen molar-refractivity contribution < 1.29 is 0 Å². The highest BCUT2D eigenvalue weighted by Gasteiger charge is 2.24. The monoisotopic (exact) mass is 683 g/mol. The van der Waals surface area contributed by atoms with E-state index >= 15 is 0 Å². The third kappa shape index (κ3) is 5.40. The Kier molecular flexibility index (Phi) is 7.54. The number of aryl methyl sites for hydroxylation is 1. The number of rotatable bonds is 5. The van der Waals surface area contributed by atoms with E-state index in [2.05, 4.69) is 133 Å². The molecule has 4 heteroatoms. The first-order chi connectivity index (χ1) is 25.8. The Morgan fingerprint density at radius 1 is 0.442 bits per heavy atom. The number of hydrogen-bond donors (Lipinski definition) is 0. The van der Waals surface area contributed by atoms with E-state index in [1.807, 2.05) is 47.7 Å². The number of thiophene rings is 1. The number of fused-ring (bicyclic) bond motifs is 6. The largest absolute Gasteiger partial charge is 0.208 e. The van der Waals surface area contributed by atoms with Crippen molar-refractivity contribution in [2.45, 2.75) is 18.8 Å². The molecular weight excluding hydrogens is 651 g/mol. The maximum atomic E-state index is 5.06. The van der Waals surface area contributed by atoms with Crippen LogP contribution >= 0.6 is 11.3 Å². The molecule has 246 valence electrons. The molecule has 10 rings (SSSR count). The molecule has 7 aromatic carbocycles. The third-order valence-corrected chi connectivity index (χ3v) is 11.6. The van der Waals surface area contributed by atoms with Gasteiger partial charge in [0, 0.05) is 42.8 Å². The van der Waals surface area contributed by atoms with Crippen LogP contribution < -0.4 is 0 Å². The third-order valence-electron chi connectivity index (χ3n) is 10.4. The summed E-state index contributed by atoms with van der Waals surface area (Å²) in [5, 5.41) is 2.46. The predicted octanol–water partition coefficient (Wildman–Crippen LogP) is 12.7. The Balaban J connectivity index is 1.08. The zero-order valence-electron chi connectivity index (χ0n) is 28.4. The van der Waals surface area contributed by atoms with Crippen molar-refractivity contribution >= 4 is 31.5 Å². The van der Waals surface area contributed by atoms with Crippen molar-refractivity contribution in [3.05, 3.63) is 187 Å². The summed E-state index contributed by atoms with van der Waals surface area (Å²) in [7, 11) is 0. The van der Waals surface area contributed by atoms with Crippen molar-refractivity contribution in [1.29, 1.82) is 0 Å². The second kappa shape index (κ2) is 12.8. The molecule has 0 radical (unpaired) electrons. The Hall–Kier alpha value is -6.23. The van der Waals surface area contributed by atoms with Gasteiger partial charge in [-0.25, -0.2) is 15.0 Å². The molecule has 1 aliphatic rings. The van der Waals surface area contributed by atoms with Crippen LogP contribution in [0, 0.1) is 0 Å². The van der Waals surface area contributed by atoms with Crippen LogP contribution in [-0.4, -0.2) is 15.0 Å². The lowest BCUT2D eigenvalue weighted by Crippen LogP contribution is -2.01. The molecule has 1 unspecified atom stereocenters. The van der Waals surface area contributed by atoms with Crippen molar-refractivity contribution in [2.24, 2.45) is 0 Å². The molecule has 0 saturated heterocycles. The van der Waals surface area contributed by atoms with E-state index in [0.29, 0.717) is 23.4 Å².